The second-order valence-electron chi connectivity index (χ2n) is 2.52. The summed E-state index contributed by atoms with van der Waals surface area (Å²) in [5.41, 5.74) is 0.625. The minimum Gasteiger partial charge on any atom is -0.423 e. The zero-order valence-electron chi connectivity index (χ0n) is 6.43. The molecule has 0 atom stereocenters. The lowest BCUT2D eigenvalue weighted by molar-refractivity contribution is 0.185. The molecule has 2 heterocycles. The summed E-state index contributed by atoms with van der Waals surface area (Å²) in [6, 6.07) is 1.67. The average molecular weight is 165 g/mol. The minimum atomic E-state index is -0.460. The number of aromatic nitrogens is 3. The number of imidazole rings is 1. The monoisotopic (exact) mass is 165 g/mol. The average Bonchev–Trinajstić information content (AvgIpc) is 2.33. The first kappa shape index (κ1) is 6.90. The van der Waals surface area contributed by atoms with Crippen molar-refractivity contribution in [3.05, 3.63) is 28.9 Å². The molecule has 1 N–H and O–H groups in total. The van der Waals surface area contributed by atoms with Crippen molar-refractivity contribution in [1.82, 2.24) is 14.3 Å². The van der Waals surface area contributed by atoms with Crippen LogP contribution in [0.3, 0.4) is 0 Å². The molecule has 5 nitrogen and oxygen atoms in total. The quantitative estimate of drug-likeness (QED) is 0.558. The van der Waals surface area contributed by atoms with Gasteiger partial charge in [0.1, 0.15) is 5.52 Å². The third-order valence-electron chi connectivity index (χ3n) is 1.84. The van der Waals surface area contributed by atoms with Gasteiger partial charge >= 0.3 is 5.69 Å². The van der Waals surface area contributed by atoms with E-state index in [1.54, 1.807) is 19.3 Å². The normalized spacial score (nSPS) is 10.8. The molecule has 2 rings (SSSR count). The van der Waals surface area contributed by atoms with E-state index in [0.29, 0.717) is 15.8 Å². The molecule has 0 bridgehead atoms. The maximum absolute atomic E-state index is 11.1. The number of rotatable bonds is 0. The van der Waals surface area contributed by atoms with Gasteiger partial charge in [0.05, 0.1) is 11.7 Å². The maximum atomic E-state index is 11.1. The van der Waals surface area contributed by atoms with Gasteiger partial charge in [-0.25, -0.2) is 4.79 Å². The predicted octanol–water partition coefficient (Wildman–Crippen LogP) is -0.0277. The third-order valence-corrected chi connectivity index (χ3v) is 1.84. The molecule has 62 valence electrons. The van der Waals surface area contributed by atoms with Crippen LogP contribution in [0.25, 0.3) is 11.0 Å². The summed E-state index contributed by atoms with van der Waals surface area (Å²) in [7, 11) is 1.59. The van der Waals surface area contributed by atoms with Gasteiger partial charge in [-0.1, -0.05) is 0 Å². The molecular weight excluding hydrogens is 158 g/mol. The summed E-state index contributed by atoms with van der Waals surface area (Å²) < 4.78 is 1.94. The first-order chi connectivity index (χ1) is 5.72. The Morgan fingerprint density at radius 1 is 1.50 bits per heavy atom. The predicted molar refractivity (Wildman–Crippen MR) is 42.2 cm³/mol. The van der Waals surface area contributed by atoms with Crippen LogP contribution in [0.15, 0.2) is 23.3 Å². The molecule has 0 amide bonds. The fraction of sp³-hybridized carbons (Fsp3) is 0.143. The lowest BCUT2D eigenvalue weighted by Gasteiger charge is -1.89. The standard InChI is InChI=1S/C7H7N3O2/c1-9-5-2-3-8-4-6(5)10(12)7(9)11/h2-4,12H,1H3. The van der Waals surface area contributed by atoms with E-state index in [2.05, 4.69) is 4.98 Å². The van der Waals surface area contributed by atoms with Crippen LogP contribution in [0.4, 0.5) is 0 Å². The molecule has 0 saturated carbocycles. The first-order valence-corrected chi connectivity index (χ1v) is 3.42. The smallest absolute Gasteiger partial charge is 0.361 e. The van der Waals surface area contributed by atoms with Gasteiger partial charge in [0.25, 0.3) is 0 Å². The summed E-state index contributed by atoms with van der Waals surface area (Å²) >= 11 is 0. The van der Waals surface area contributed by atoms with Crippen LogP contribution >= 0.6 is 0 Å². The molecule has 0 radical (unpaired) electrons. The fourth-order valence-corrected chi connectivity index (χ4v) is 1.17. The fourth-order valence-electron chi connectivity index (χ4n) is 1.17. The second kappa shape index (κ2) is 2.10. The van der Waals surface area contributed by atoms with E-state index in [9.17, 15) is 10.0 Å². The zero-order valence-corrected chi connectivity index (χ0v) is 6.43. The maximum Gasteiger partial charge on any atom is 0.361 e. The van der Waals surface area contributed by atoms with Crippen molar-refractivity contribution in [1.29, 1.82) is 0 Å². The van der Waals surface area contributed by atoms with Crippen molar-refractivity contribution >= 4 is 11.0 Å². The Morgan fingerprint density at radius 2 is 2.25 bits per heavy atom. The van der Waals surface area contributed by atoms with Crippen LogP contribution in [-0.4, -0.2) is 19.5 Å². The summed E-state index contributed by atoms with van der Waals surface area (Å²) in [5, 5.41) is 9.22. The molecule has 0 aliphatic heterocycles. The van der Waals surface area contributed by atoms with Crippen molar-refractivity contribution in [2.75, 3.05) is 0 Å². The topological polar surface area (TPSA) is 60.0 Å². The van der Waals surface area contributed by atoms with Crippen molar-refractivity contribution in [2.24, 2.45) is 7.05 Å². The van der Waals surface area contributed by atoms with Gasteiger partial charge in [0.15, 0.2) is 0 Å². The van der Waals surface area contributed by atoms with Gasteiger partial charge < -0.3 is 5.21 Å². The Morgan fingerprint density at radius 3 is 2.92 bits per heavy atom. The molecule has 0 saturated heterocycles. The van der Waals surface area contributed by atoms with Gasteiger partial charge in [-0.05, 0) is 6.07 Å². The SMILES string of the molecule is Cn1c(=O)n(O)c2cnccc21. The highest BCUT2D eigenvalue weighted by molar-refractivity contribution is 5.74. The number of hydrogen-bond donors (Lipinski definition) is 1. The van der Waals surface area contributed by atoms with Crippen LogP contribution in [0, 0.1) is 0 Å². The lowest BCUT2D eigenvalue weighted by atomic mass is 10.4. The molecular formula is C7H7N3O2. The third kappa shape index (κ3) is 0.674. The van der Waals surface area contributed by atoms with Crippen molar-refractivity contribution in [3.8, 4) is 0 Å². The summed E-state index contributed by atoms with van der Waals surface area (Å²) in [4.78, 5) is 14.9. The van der Waals surface area contributed by atoms with E-state index in [4.69, 9.17) is 0 Å². The minimum absolute atomic E-state index is 0.421. The summed E-state index contributed by atoms with van der Waals surface area (Å²) in [6.07, 6.45) is 3.01. The van der Waals surface area contributed by atoms with Gasteiger partial charge in [-0.2, -0.15) is 0 Å². The Kier molecular flexibility index (Phi) is 1.21. The lowest BCUT2D eigenvalue weighted by Crippen LogP contribution is -2.19. The van der Waals surface area contributed by atoms with Crippen molar-refractivity contribution in [2.45, 2.75) is 0 Å². The molecule has 0 aromatic carbocycles. The van der Waals surface area contributed by atoms with Crippen LogP contribution in [0.2, 0.25) is 0 Å². The van der Waals surface area contributed by atoms with Gasteiger partial charge in [0, 0.05) is 13.2 Å². The Bertz CT molecular complexity index is 441. The largest absolute Gasteiger partial charge is 0.423 e. The van der Waals surface area contributed by atoms with Gasteiger partial charge in [-0.15, -0.1) is 4.73 Å². The molecule has 5 heteroatoms. The molecule has 0 aliphatic carbocycles. The molecule has 12 heavy (non-hydrogen) atoms. The Balaban J connectivity index is 3.09. The summed E-state index contributed by atoms with van der Waals surface area (Å²) in [5.74, 6) is 0. The van der Waals surface area contributed by atoms with Crippen molar-refractivity contribution < 1.29 is 5.21 Å². The number of pyridine rings is 1. The van der Waals surface area contributed by atoms with E-state index >= 15 is 0 Å². The summed E-state index contributed by atoms with van der Waals surface area (Å²) in [6.45, 7) is 0. The Hall–Kier alpha value is -1.78. The van der Waals surface area contributed by atoms with E-state index in [-0.39, 0.29) is 0 Å². The number of nitrogens with zero attached hydrogens (tertiary/aromatic N) is 3. The number of fused-ring (bicyclic) bond motifs is 1. The zero-order chi connectivity index (χ0) is 8.72. The molecule has 0 spiro atoms. The molecule has 0 unspecified atom stereocenters. The van der Waals surface area contributed by atoms with Crippen LogP contribution in [0.1, 0.15) is 0 Å². The highest BCUT2D eigenvalue weighted by atomic mass is 16.5. The van der Waals surface area contributed by atoms with E-state index < -0.39 is 5.69 Å². The van der Waals surface area contributed by atoms with E-state index in [1.807, 2.05) is 0 Å². The van der Waals surface area contributed by atoms with Crippen LogP contribution in [0.5, 0.6) is 0 Å². The molecule has 2 aromatic heterocycles. The first-order valence-electron chi connectivity index (χ1n) is 3.42. The van der Waals surface area contributed by atoms with Crippen LogP contribution < -0.4 is 5.69 Å². The van der Waals surface area contributed by atoms with Crippen LogP contribution in [-0.2, 0) is 7.05 Å². The highest BCUT2D eigenvalue weighted by Crippen LogP contribution is 2.06. The van der Waals surface area contributed by atoms with Gasteiger partial charge in [-0.3, -0.25) is 9.55 Å². The molecule has 0 aliphatic rings. The van der Waals surface area contributed by atoms with E-state index in [0.717, 1.165) is 0 Å². The molecule has 2 aromatic rings. The van der Waals surface area contributed by atoms with Gasteiger partial charge in [0.2, 0.25) is 0 Å². The molecule has 0 fully saturated rings. The Labute approximate surface area is 67.5 Å². The second-order valence-corrected chi connectivity index (χ2v) is 2.52. The number of hydrogen-bond acceptors (Lipinski definition) is 3. The van der Waals surface area contributed by atoms with Crippen molar-refractivity contribution in [3.63, 3.8) is 0 Å². The van der Waals surface area contributed by atoms with E-state index in [1.165, 1.54) is 10.8 Å². The highest BCUT2D eigenvalue weighted by Gasteiger charge is 2.07. The number of aryl methyl sites for hydroxylation is 1.